The molecule has 0 spiro atoms. The number of carboxylic acid groups (broad SMARTS) is 2. The lowest BCUT2D eigenvalue weighted by Crippen LogP contribution is -2.11. The lowest BCUT2D eigenvalue weighted by Gasteiger charge is -2.13. The van der Waals surface area contributed by atoms with E-state index in [4.69, 9.17) is 10.2 Å². The van der Waals surface area contributed by atoms with Crippen molar-refractivity contribution in [2.75, 3.05) is 0 Å². The largest absolute Gasteiger partial charge is 0.481 e. The lowest BCUT2D eigenvalue weighted by molar-refractivity contribution is -0.139. The summed E-state index contributed by atoms with van der Waals surface area (Å²) >= 11 is 0. The van der Waals surface area contributed by atoms with Gasteiger partial charge in [-0.3, -0.25) is 9.59 Å². The molecule has 19 heavy (non-hydrogen) atoms. The van der Waals surface area contributed by atoms with Gasteiger partial charge in [-0.15, -0.1) is 0 Å². The molecule has 0 aliphatic heterocycles. The van der Waals surface area contributed by atoms with Crippen LogP contribution >= 0.6 is 0 Å². The minimum Gasteiger partial charge on any atom is -0.481 e. The first-order chi connectivity index (χ1) is 9.06. The molecular weight excluding hydrogens is 244 g/mol. The predicted molar refractivity (Wildman–Crippen MR) is 71.2 cm³/mol. The van der Waals surface area contributed by atoms with Crippen LogP contribution in [0.4, 0.5) is 0 Å². The number of rotatable bonds is 5. The van der Waals surface area contributed by atoms with Crippen LogP contribution in [-0.4, -0.2) is 22.2 Å². The molecule has 98 valence electrons. The van der Waals surface area contributed by atoms with E-state index in [0.29, 0.717) is 0 Å². The molecule has 4 nitrogen and oxygen atoms in total. The Balaban J connectivity index is 2.37. The molecule has 0 aromatic heterocycles. The molecule has 0 radical (unpaired) electrons. The van der Waals surface area contributed by atoms with Gasteiger partial charge in [0.15, 0.2) is 0 Å². The molecule has 0 bridgehead atoms. The number of hydrogen-bond donors (Lipinski definition) is 2. The summed E-state index contributed by atoms with van der Waals surface area (Å²) in [5, 5.41) is 19.8. The van der Waals surface area contributed by atoms with E-state index in [1.165, 1.54) is 0 Å². The van der Waals surface area contributed by atoms with Crippen molar-refractivity contribution in [3.05, 3.63) is 48.0 Å². The second-order valence-electron chi connectivity index (χ2n) is 4.50. The van der Waals surface area contributed by atoms with E-state index in [1.54, 1.807) is 6.07 Å². The molecule has 0 unspecified atom stereocenters. The van der Waals surface area contributed by atoms with Crippen molar-refractivity contribution in [3.8, 4) is 0 Å². The average Bonchev–Trinajstić information content (AvgIpc) is 2.36. The van der Waals surface area contributed by atoms with Crippen LogP contribution in [0, 0.1) is 0 Å². The first-order valence-corrected chi connectivity index (χ1v) is 5.98. The zero-order valence-corrected chi connectivity index (χ0v) is 10.2. The van der Waals surface area contributed by atoms with Crippen LogP contribution < -0.4 is 0 Å². The highest BCUT2D eigenvalue weighted by atomic mass is 16.4. The summed E-state index contributed by atoms with van der Waals surface area (Å²) < 4.78 is 0. The lowest BCUT2D eigenvalue weighted by atomic mass is 9.91. The molecule has 0 amide bonds. The summed E-state index contributed by atoms with van der Waals surface area (Å²) in [5.41, 5.74) is 0.753. The van der Waals surface area contributed by atoms with Crippen LogP contribution in [0.1, 0.15) is 24.3 Å². The smallest absolute Gasteiger partial charge is 0.303 e. The monoisotopic (exact) mass is 258 g/mol. The minimum atomic E-state index is -0.987. The van der Waals surface area contributed by atoms with Gasteiger partial charge in [0.05, 0.1) is 12.8 Å². The highest BCUT2D eigenvalue weighted by Crippen LogP contribution is 2.27. The Bertz CT molecular complexity index is 602. The van der Waals surface area contributed by atoms with E-state index in [2.05, 4.69) is 0 Å². The van der Waals surface area contributed by atoms with E-state index in [1.807, 2.05) is 36.4 Å². The van der Waals surface area contributed by atoms with E-state index >= 15 is 0 Å². The Morgan fingerprint density at radius 1 is 0.895 bits per heavy atom. The molecule has 0 saturated carbocycles. The van der Waals surface area contributed by atoms with Gasteiger partial charge >= 0.3 is 11.9 Å². The van der Waals surface area contributed by atoms with Gasteiger partial charge in [-0.1, -0.05) is 42.5 Å². The van der Waals surface area contributed by atoms with Crippen molar-refractivity contribution in [3.63, 3.8) is 0 Å². The van der Waals surface area contributed by atoms with Gasteiger partial charge in [-0.2, -0.15) is 0 Å². The molecule has 4 heteroatoms. The zero-order chi connectivity index (χ0) is 13.8. The number of benzene rings is 2. The van der Waals surface area contributed by atoms with E-state index in [0.717, 1.165) is 16.3 Å². The minimum absolute atomic E-state index is 0.176. The van der Waals surface area contributed by atoms with Gasteiger partial charge < -0.3 is 10.2 Å². The summed E-state index contributed by atoms with van der Waals surface area (Å²) in [4.78, 5) is 21.7. The van der Waals surface area contributed by atoms with Crippen LogP contribution in [-0.2, 0) is 9.59 Å². The fourth-order valence-corrected chi connectivity index (χ4v) is 2.19. The van der Waals surface area contributed by atoms with Crippen molar-refractivity contribution >= 4 is 22.7 Å². The van der Waals surface area contributed by atoms with Crippen molar-refractivity contribution < 1.29 is 19.8 Å². The van der Waals surface area contributed by atoms with Crippen LogP contribution in [0.15, 0.2) is 42.5 Å². The predicted octanol–water partition coefficient (Wildman–Crippen LogP) is 2.87. The average molecular weight is 258 g/mol. The van der Waals surface area contributed by atoms with Gasteiger partial charge in [-0.25, -0.2) is 0 Å². The summed E-state index contributed by atoms with van der Waals surface area (Å²) in [6, 6.07) is 13.3. The zero-order valence-electron chi connectivity index (χ0n) is 10.2. The number of fused-ring (bicyclic) bond motifs is 1. The van der Waals surface area contributed by atoms with E-state index in [9.17, 15) is 9.59 Å². The Morgan fingerprint density at radius 3 is 2.05 bits per heavy atom. The summed E-state index contributed by atoms with van der Waals surface area (Å²) in [7, 11) is 0. The summed E-state index contributed by atoms with van der Waals surface area (Å²) in [5.74, 6) is -2.47. The maximum absolute atomic E-state index is 10.8. The Kier molecular flexibility index (Phi) is 3.80. The van der Waals surface area contributed by atoms with Gasteiger partial charge in [0, 0.05) is 5.92 Å². The third-order valence-electron chi connectivity index (χ3n) is 3.09. The van der Waals surface area contributed by atoms with Crippen molar-refractivity contribution in [1.29, 1.82) is 0 Å². The molecule has 0 aliphatic carbocycles. The number of hydrogen-bond acceptors (Lipinski definition) is 2. The third-order valence-corrected chi connectivity index (χ3v) is 3.09. The first-order valence-electron chi connectivity index (χ1n) is 5.98. The van der Waals surface area contributed by atoms with Gasteiger partial charge in [0.2, 0.25) is 0 Å². The highest BCUT2D eigenvalue weighted by Gasteiger charge is 2.19. The second kappa shape index (κ2) is 5.52. The van der Waals surface area contributed by atoms with Crippen molar-refractivity contribution in [1.82, 2.24) is 0 Å². The molecule has 0 aliphatic rings. The number of carbonyl (C=O) groups is 2. The topological polar surface area (TPSA) is 74.6 Å². The van der Waals surface area contributed by atoms with Crippen LogP contribution in [0.5, 0.6) is 0 Å². The standard InChI is InChI=1S/C15H14O4/c16-14(17)8-13(9-15(18)19)12-6-5-10-3-1-2-4-11(10)7-12/h1-7,13H,8-9H2,(H,16,17)(H,18,19). The van der Waals surface area contributed by atoms with Crippen LogP contribution in [0.2, 0.25) is 0 Å². The Morgan fingerprint density at radius 2 is 1.47 bits per heavy atom. The van der Waals surface area contributed by atoms with Crippen LogP contribution in [0.25, 0.3) is 10.8 Å². The maximum atomic E-state index is 10.8. The maximum Gasteiger partial charge on any atom is 0.303 e. The fourth-order valence-electron chi connectivity index (χ4n) is 2.19. The van der Waals surface area contributed by atoms with E-state index in [-0.39, 0.29) is 12.8 Å². The third kappa shape index (κ3) is 3.31. The van der Waals surface area contributed by atoms with Gasteiger partial charge in [0.25, 0.3) is 0 Å². The summed E-state index contributed by atoms with van der Waals surface area (Å²) in [6.45, 7) is 0. The summed E-state index contributed by atoms with van der Waals surface area (Å²) in [6.07, 6.45) is -0.352. The number of carboxylic acids is 2. The molecule has 2 aromatic carbocycles. The van der Waals surface area contributed by atoms with E-state index < -0.39 is 17.9 Å². The first kappa shape index (κ1) is 13.1. The van der Waals surface area contributed by atoms with Crippen LogP contribution in [0.3, 0.4) is 0 Å². The molecule has 2 rings (SSSR count). The molecule has 0 atom stereocenters. The Labute approximate surface area is 110 Å². The quantitative estimate of drug-likeness (QED) is 0.864. The fraction of sp³-hybridized carbons (Fsp3) is 0.200. The molecule has 0 heterocycles. The van der Waals surface area contributed by atoms with Crippen molar-refractivity contribution in [2.45, 2.75) is 18.8 Å². The SMILES string of the molecule is O=C(O)CC(CC(=O)O)c1ccc2ccccc2c1. The molecule has 2 N–H and O–H groups in total. The second-order valence-corrected chi connectivity index (χ2v) is 4.50. The molecular formula is C15H14O4. The molecule has 2 aromatic rings. The van der Waals surface area contributed by atoms with Gasteiger partial charge in [0.1, 0.15) is 0 Å². The normalized spacial score (nSPS) is 10.8. The molecule has 0 fully saturated rings. The Hall–Kier alpha value is -2.36. The number of aliphatic carboxylic acids is 2. The van der Waals surface area contributed by atoms with Crippen molar-refractivity contribution in [2.24, 2.45) is 0 Å². The highest BCUT2D eigenvalue weighted by molar-refractivity contribution is 5.83. The molecule has 0 saturated heterocycles. The van der Waals surface area contributed by atoms with Gasteiger partial charge in [-0.05, 0) is 16.3 Å².